The summed E-state index contributed by atoms with van der Waals surface area (Å²) < 4.78 is 0. The number of anilines is 1. The maximum atomic E-state index is 10.8. The Bertz CT molecular complexity index is 399. The molecule has 1 saturated carbocycles. The first-order valence-corrected chi connectivity index (χ1v) is 6.29. The molecule has 1 heterocycles. The Morgan fingerprint density at radius 1 is 1.39 bits per heavy atom. The predicted molar refractivity (Wildman–Crippen MR) is 67.9 cm³/mol. The van der Waals surface area contributed by atoms with Crippen molar-refractivity contribution >= 4 is 11.8 Å². The minimum absolute atomic E-state index is 0.0822. The summed E-state index contributed by atoms with van der Waals surface area (Å²) >= 11 is 0. The number of aromatic carboxylic acids is 1. The number of hydrogen-bond acceptors (Lipinski definition) is 4. The Balaban J connectivity index is 2.16. The minimum Gasteiger partial charge on any atom is -0.478 e. The lowest BCUT2D eigenvalue weighted by Gasteiger charge is -2.29. The Labute approximate surface area is 106 Å². The van der Waals surface area contributed by atoms with E-state index in [-0.39, 0.29) is 12.2 Å². The summed E-state index contributed by atoms with van der Waals surface area (Å²) in [6.45, 7) is 0.628. The van der Waals surface area contributed by atoms with Crippen LogP contribution in [0.1, 0.15) is 36.0 Å². The van der Waals surface area contributed by atoms with Gasteiger partial charge < -0.3 is 15.1 Å². The van der Waals surface area contributed by atoms with Gasteiger partial charge in [-0.25, -0.2) is 9.78 Å². The van der Waals surface area contributed by atoms with Crippen molar-refractivity contribution in [1.82, 2.24) is 4.98 Å². The third kappa shape index (κ3) is 2.79. The van der Waals surface area contributed by atoms with Gasteiger partial charge in [-0.3, -0.25) is 0 Å². The van der Waals surface area contributed by atoms with Gasteiger partial charge >= 0.3 is 5.97 Å². The van der Waals surface area contributed by atoms with Crippen molar-refractivity contribution in [3.63, 3.8) is 0 Å². The van der Waals surface area contributed by atoms with Gasteiger partial charge in [-0.15, -0.1) is 0 Å². The summed E-state index contributed by atoms with van der Waals surface area (Å²) in [5.74, 6) is -0.218. The molecule has 0 aromatic carbocycles. The molecule has 0 unspecified atom stereocenters. The second-order valence-corrected chi connectivity index (χ2v) is 4.57. The first-order chi connectivity index (χ1) is 8.72. The number of nitrogens with zero attached hydrogens (tertiary/aromatic N) is 2. The number of hydrogen-bond donors (Lipinski definition) is 2. The van der Waals surface area contributed by atoms with E-state index in [1.807, 2.05) is 0 Å². The molecule has 0 saturated heterocycles. The zero-order valence-electron chi connectivity index (χ0n) is 10.2. The number of aliphatic hydroxyl groups excluding tert-OH is 1. The molecule has 0 aliphatic heterocycles. The molecule has 0 radical (unpaired) electrons. The van der Waals surface area contributed by atoms with Crippen LogP contribution in [0.3, 0.4) is 0 Å². The molecule has 5 heteroatoms. The quantitative estimate of drug-likeness (QED) is 0.828. The highest BCUT2D eigenvalue weighted by Gasteiger charge is 2.23. The van der Waals surface area contributed by atoms with Crippen LogP contribution in [-0.4, -0.2) is 40.4 Å². The fourth-order valence-corrected chi connectivity index (χ4v) is 2.49. The smallest absolute Gasteiger partial charge is 0.337 e. The molecule has 5 nitrogen and oxygen atoms in total. The first-order valence-electron chi connectivity index (χ1n) is 6.29. The standard InChI is InChI=1S/C13H18N2O3/c16-8-7-15(11-3-1-2-4-11)12-6-5-10(9-14-12)13(17)18/h5-6,9,11,16H,1-4,7-8H2,(H,17,18). The number of carboxylic acid groups (broad SMARTS) is 1. The molecule has 0 bridgehead atoms. The number of aliphatic hydroxyl groups is 1. The van der Waals surface area contributed by atoms with Crippen molar-refractivity contribution in [2.24, 2.45) is 0 Å². The highest BCUT2D eigenvalue weighted by Crippen LogP contribution is 2.26. The largest absolute Gasteiger partial charge is 0.478 e. The SMILES string of the molecule is O=C(O)c1ccc(N(CCO)C2CCCC2)nc1. The van der Waals surface area contributed by atoms with Crippen LogP contribution in [0.5, 0.6) is 0 Å². The van der Waals surface area contributed by atoms with E-state index < -0.39 is 5.97 Å². The third-order valence-corrected chi connectivity index (χ3v) is 3.40. The number of carbonyl (C=O) groups is 1. The molecule has 98 valence electrons. The number of carboxylic acids is 1. The van der Waals surface area contributed by atoms with Gasteiger partial charge in [0.05, 0.1) is 12.2 Å². The molecule has 18 heavy (non-hydrogen) atoms. The van der Waals surface area contributed by atoms with Crippen LogP contribution >= 0.6 is 0 Å². The lowest BCUT2D eigenvalue weighted by molar-refractivity contribution is 0.0696. The summed E-state index contributed by atoms with van der Waals surface area (Å²) in [7, 11) is 0. The Hall–Kier alpha value is -1.62. The molecule has 2 N–H and O–H groups in total. The van der Waals surface area contributed by atoms with Gasteiger partial charge in [-0.1, -0.05) is 12.8 Å². The molecular formula is C13H18N2O3. The first kappa shape index (κ1) is 12.8. The van der Waals surface area contributed by atoms with Gasteiger partial charge in [0.15, 0.2) is 0 Å². The fraction of sp³-hybridized carbons (Fsp3) is 0.538. The van der Waals surface area contributed by atoms with Gasteiger partial charge in [-0.05, 0) is 25.0 Å². The molecule has 1 aliphatic carbocycles. The molecule has 1 aromatic rings. The Morgan fingerprint density at radius 2 is 2.11 bits per heavy atom. The van der Waals surface area contributed by atoms with E-state index in [0.29, 0.717) is 12.6 Å². The molecular weight excluding hydrogens is 232 g/mol. The van der Waals surface area contributed by atoms with Crippen LogP contribution in [0.15, 0.2) is 18.3 Å². The minimum atomic E-state index is -0.969. The zero-order valence-corrected chi connectivity index (χ0v) is 10.2. The normalized spacial score (nSPS) is 15.8. The van der Waals surface area contributed by atoms with Crippen LogP contribution in [-0.2, 0) is 0 Å². The topological polar surface area (TPSA) is 73.7 Å². The average Bonchev–Trinajstić information content (AvgIpc) is 2.90. The van der Waals surface area contributed by atoms with Crippen molar-refractivity contribution in [2.75, 3.05) is 18.1 Å². The molecule has 0 atom stereocenters. The van der Waals surface area contributed by atoms with Gasteiger partial charge in [0.25, 0.3) is 0 Å². The molecule has 1 aromatic heterocycles. The van der Waals surface area contributed by atoms with Crippen LogP contribution < -0.4 is 4.90 Å². The van der Waals surface area contributed by atoms with Crippen LogP contribution in [0.25, 0.3) is 0 Å². The summed E-state index contributed by atoms with van der Waals surface area (Å²) in [5, 5.41) is 18.0. The summed E-state index contributed by atoms with van der Waals surface area (Å²) in [6, 6.07) is 3.70. The van der Waals surface area contributed by atoms with Crippen molar-refractivity contribution < 1.29 is 15.0 Å². The maximum Gasteiger partial charge on any atom is 0.337 e. The average molecular weight is 250 g/mol. The Kier molecular flexibility index (Phi) is 4.15. The second kappa shape index (κ2) is 5.82. The molecule has 0 spiro atoms. The third-order valence-electron chi connectivity index (χ3n) is 3.40. The fourth-order valence-electron chi connectivity index (χ4n) is 2.49. The lowest BCUT2D eigenvalue weighted by atomic mass is 10.2. The molecule has 0 amide bonds. The lowest BCUT2D eigenvalue weighted by Crippen LogP contribution is -2.36. The summed E-state index contributed by atoms with van der Waals surface area (Å²) in [6.07, 6.45) is 6.02. The summed E-state index contributed by atoms with van der Waals surface area (Å²) in [4.78, 5) is 17.0. The number of rotatable bonds is 5. The monoisotopic (exact) mass is 250 g/mol. The van der Waals surface area contributed by atoms with Crippen molar-refractivity contribution in [3.8, 4) is 0 Å². The van der Waals surface area contributed by atoms with Crippen LogP contribution in [0, 0.1) is 0 Å². The molecule has 1 fully saturated rings. The van der Waals surface area contributed by atoms with E-state index in [0.717, 1.165) is 18.7 Å². The zero-order chi connectivity index (χ0) is 13.0. The number of pyridine rings is 1. The highest BCUT2D eigenvalue weighted by molar-refractivity contribution is 5.87. The van der Waals surface area contributed by atoms with E-state index in [4.69, 9.17) is 10.2 Å². The predicted octanol–water partition coefficient (Wildman–Crippen LogP) is 1.52. The number of aromatic nitrogens is 1. The van der Waals surface area contributed by atoms with E-state index in [9.17, 15) is 4.79 Å². The van der Waals surface area contributed by atoms with Crippen LogP contribution in [0.4, 0.5) is 5.82 Å². The van der Waals surface area contributed by atoms with Gasteiger partial charge in [0.2, 0.25) is 0 Å². The molecule has 2 rings (SSSR count). The highest BCUT2D eigenvalue weighted by atomic mass is 16.4. The Morgan fingerprint density at radius 3 is 2.61 bits per heavy atom. The van der Waals surface area contributed by atoms with Crippen LogP contribution in [0.2, 0.25) is 0 Å². The van der Waals surface area contributed by atoms with Crippen molar-refractivity contribution in [2.45, 2.75) is 31.7 Å². The van der Waals surface area contributed by atoms with E-state index in [1.54, 1.807) is 12.1 Å². The van der Waals surface area contributed by atoms with Crippen molar-refractivity contribution in [3.05, 3.63) is 23.9 Å². The van der Waals surface area contributed by atoms with Gasteiger partial charge in [0, 0.05) is 18.8 Å². The second-order valence-electron chi connectivity index (χ2n) is 4.57. The molecule has 1 aliphatic rings. The van der Waals surface area contributed by atoms with E-state index in [2.05, 4.69) is 9.88 Å². The van der Waals surface area contributed by atoms with Crippen molar-refractivity contribution in [1.29, 1.82) is 0 Å². The van der Waals surface area contributed by atoms with E-state index in [1.165, 1.54) is 19.0 Å². The van der Waals surface area contributed by atoms with Gasteiger partial charge in [-0.2, -0.15) is 0 Å². The van der Waals surface area contributed by atoms with Gasteiger partial charge in [0.1, 0.15) is 5.82 Å². The maximum absolute atomic E-state index is 10.8. The van der Waals surface area contributed by atoms with E-state index >= 15 is 0 Å². The summed E-state index contributed by atoms with van der Waals surface area (Å²) in [5.41, 5.74) is 0.189.